The molecule has 1 aliphatic rings. The number of carbonyl (C=O) groups is 1. The smallest absolute Gasteiger partial charge is 0.255 e. The van der Waals surface area contributed by atoms with Crippen molar-refractivity contribution in [2.45, 2.75) is 40.0 Å². The van der Waals surface area contributed by atoms with Crippen LogP contribution in [0, 0.1) is 12.3 Å². The predicted octanol–water partition coefficient (Wildman–Crippen LogP) is 2.96. The number of aryl methyl sites for hydroxylation is 1. The highest BCUT2D eigenvalue weighted by Crippen LogP contribution is 2.34. The van der Waals surface area contributed by atoms with Crippen molar-refractivity contribution >= 4 is 5.91 Å². The number of aliphatic hydroxyl groups is 1. The summed E-state index contributed by atoms with van der Waals surface area (Å²) < 4.78 is 0. The van der Waals surface area contributed by atoms with E-state index in [4.69, 9.17) is 0 Å². The predicted molar refractivity (Wildman–Crippen MR) is 87.7 cm³/mol. The van der Waals surface area contributed by atoms with E-state index in [0.29, 0.717) is 12.1 Å². The summed E-state index contributed by atoms with van der Waals surface area (Å²) in [5, 5.41) is 9.90. The summed E-state index contributed by atoms with van der Waals surface area (Å²) >= 11 is 0. The van der Waals surface area contributed by atoms with Crippen molar-refractivity contribution in [2.24, 2.45) is 5.41 Å². The highest BCUT2D eigenvalue weighted by Gasteiger charge is 2.36. The fraction of sp³-hybridized carbons (Fsp3) is 0.556. The van der Waals surface area contributed by atoms with Crippen LogP contribution in [0.15, 0.2) is 30.1 Å². The van der Waals surface area contributed by atoms with E-state index < -0.39 is 0 Å². The molecule has 1 atom stereocenters. The minimum absolute atomic E-state index is 0.0281. The van der Waals surface area contributed by atoms with Crippen LogP contribution in [0.3, 0.4) is 0 Å². The zero-order chi connectivity index (χ0) is 16.2. The molecule has 1 aliphatic heterocycles. The summed E-state index contributed by atoms with van der Waals surface area (Å²) in [6.45, 7) is 7.55. The summed E-state index contributed by atoms with van der Waals surface area (Å²) in [5.74, 6) is 0.0281. The van der Waals surface area contributed by atoms with Crippen molar-refractivity contribution in [3.63, 3.8) is 0 Å². The van der Waals surface area contributed by atoms with Gasteiger partial charge in [0.15, 0.2) is 0 Å². The van der Waals surface area contributed by atoms with Crippen molar-refractivity contribution in [2.75, 3.05) is 19.7 Å². The fourth-order valence-electron chi connectivity index (χ4n) is 3.02. The molecule has 22 heavy (non-hydrogen) atoms. The summed E-state index contributed by atoms with van der Waals surface area (Å²) in [7, 11) is 0. The number of pyridine rings is 1. The van der Waals surface area contributed by atoms with Crippen molar-refractivity contribution in [3.05, 3.63) is 41.2 Å². The van der Waals surface area contributed by atoms with Gasteiger partial charge >= 0.3 is 0 Å². The number of aromatic nitrogens is 1. The van der Waals surface area contributed by atoms with E-state index in [9.17, 15) is 9.90 Å². The molecular weight excluding hydrogens is 276 g/mol. The van der Waals surface area contributed by atoms with Crippen molar-refractivity contribution in [1.29, 1.82) is 0 Å². The first-order chi connectivity index (χ1) is 10.5. The third kappa shape index (κ3) is 3.74. The summed E-state index contributed by atoms with van der Waals surface area (Å²) in [6.07, 6.45) is 8.23. The molecule has 0 bridgehead atoms. The molecule has 1 aromatic heterocycles. The van der Waals surface area contributed by atoms with E-state index in [1.807, 2.05) is 17.9 Å². The number of rotatable bonds is 4. The summed E-state index contributed by atoms with van der Waals surface area (Å²) in [6, 6.07) is 1.86. The Kier molecular flexibility index (Phi) is 5.35. The number of piperidine rings is 1. The van der Waals surface area contributed by atoms with Crippen LogP contribution in [0.5, 0.6) is 0 Å². The molecule has 2 heterocycles. The van der Waals surface area contributed by atoms with Gasteiger partial charge in [0.05, 0.1) is 12.2 Å². The van der Waals surface area contributed by atoms with Crippen LogP contribution in [-0.4, -0.2) is 40.6 Å². The van der Waals surface area contributed by atoms with E-state index >= 15 is 0 Å². The second-order valence-corrected chi connectivity index (χ2v) is 6.66. The minimum Gasteiger partial charge on any atom is -0.396 e. The molecule has 0 spiro atoms. The van der Waals surface area contributed by atoms with E-state index in [2.05, 4.69) is 24.9 Å². The first kappa shape index (κ1) is 16.7. The lowest BCUT2D eigenvalue weighted by Crippen LogP contribution is -2.47. The Morgan fingerprint density at radius 2 is 2.27 bits per heavy atom. The third-order valence-electron chi connectivity index (χ3n) is 4.50. The SMILES string of the molecule is CC(C)=CCC1(CO)CCCN(C(=O)c2cnccc2C)C1. The fourth-order valence-corrected chi connectivity index (χ4v) is 3.02. The second-order valence-electron chi connectivity index (χ2n) is 6.66. The van der Waals surface area contributed by atoms with Crippen LogP contribution >= 0.6 is 0 Å². The molecule has 2 rings (SSSR count). The maximum absolute atomic E-state index is 12.8. The van der Waals surface area contributed by atoms with E-state index in [-0.39, 0.29) is 17.9 Å². The molecule has 120 valence electrons. The standard InChI is InChI=1S/C18H26N2O2/c1-14(2)5-8-18(13-21)7-4-10-20(12-18)17(22)16-11-19-9-6-15(16)3/h5-6,9,11,21H,4,7-8,10,12-13H2,1-3H3. The Morgan fingerprint density at radius 1 is 1.50 bits per heavy atom. The largest absolute Gasteiger partial charge is 0.396 e. The van der Waals surface area contributed by atoms with Crippen molar-refractivity contribution < 1.29 is 9.90 Å². The Balaban J connectivity index is 2.17. The van der Waals surface area contributed by atoms with Gasteiger partial charge in [-0.15, -0.1) is 0 Å². The molecular formula is C18H26N2O2. The minimum atomic E-state index is -0.207. The third-order valence-corrected chi connectivity index (χ3v) is 4.50. The molecule has 4 nitrogen and oxygen atoms in total. The zero-order valence-corrected chi connectivity index (χ0v) is 13.8. The number of hydrogen-bond donors (Lipinski definition) is 1. The van der Waals surface area contributed by atoms with Crippen LogP contribution in [-0.2, 0) is 0 Å². The average Bonchev–Trinajstić information content (AvgIpc) is 2.53. The van der Waals surface area contributed by atoms with Gasteiger partial charge in [0, 0.05) is 30.9 Å². The average molecular weight is 302 g/mol. The van der Waals surface area contributed by atoms with Gasteiger partial charge < -0.3 is 10.0 Å². The van der Waals surface area contributed by atoms with Gasteiger partial charge in [0.25, 0.3) is 5.91 Å². The van der Waals surface area contributed by atoms with E-state index in [0.717, 1.165) is 31.4 Å². The molecule has 0 aromatic carbocycles. The van der Waals surface area contributed by atoms with Gasteiger partial charge in [-0.25, -0.2) is 0 Å². The Labute approximate surface area is 132 Å². The lowest BCUT2D eigenvalue weighted by molar-refractivity contribution is 0.0283. The van der Waals surface area contributed by atoms with Crippen molar-refractivity contribution in [3.8, 4) is 0 Å². The highest BCUT2D eigenvalue weighted by atomic mass is 16.3. The molecule has 1 aromatic rings. The quantitative estimate of drug-likeness (QED) is 0.870. The van der Waals surface area contributed by atoms with E-state index in [1.54, 1.807) is 12.4 Å². The number of hydrogen-bond acceptors (Lipinski definition) is 3. The van der Waals surface area contributed by atoms with E-state index in [1.165, 1.54) is 5.57 Å². The zero-order valence-electron chi connectivity index (χ0n) is 13.8. The second kappa shape index (κ2) is 7.05. The van der Waals surface area contributed by atoms with Crippen LogP contribution in [0.4, 0.5) is 0 Å². The Bertz CT molecular complexity index is 564. The molecule has 1 N–H and O–H groups in total. The van der Waals surface area contributed by atoms with Crippen LogP contribution in [0.1, 0.15) is 49.0 Å². The van der Waals surface area contributed by atoms with Gasteiger partial charge in [0.1, 0.15) is 0 Å². The number of carbonyl (C=O) groups excluding carboxylic acids is 1. The molecule has 1 amide bonds. The Hall–Kier alpha value is -1.68. The normalized spacial score (nSPS) is 21.5. The molecule has 4 heteroatoms. The summed E-state index contributed by atoms with van der Waals surface area (Å²) in [4.78, 5) is 18.7. The number of aliphatic hydroxyl groups excluding tert-OH is 1. The lowest BCUT2D eigenvalue weighted by Gasteiger charge is -2.41. The molecule has 1 fully saturated rings. The van der Waals surface area contributed by atoms with Gasteiger partial charge in [-0.3, -0.25) is 9.78 Å². The highest BCUT2D eigenvalue weighted by molar-refractivity contribution is 5.95. The molecule has 0 radical (unpaired) electrons. The van der Waals surface area contributed by atoms with Gasteiger partial charge in [0.2, 0.25) is 0 Å². The van der Waals surface area contributed by atoms with Crippen LogP contribution < -0.4 is 0 Å². The first-order valence-corrected chi connectivity index (χ1v) is 7.91. The van der Waals surface area contributed by atoms with Gasteiger partial charge in [-0.2, -0.15) is 0 Å². The summed E-state index contributed by atoms with van der Waals surface area (Å²) in [5.41, 5.74) is 2.66. The molecule has 1 saturated heterocycles. The maximum Gasteiger partial charge on any atom is 0.255 e. The topological polar surface area (TPSA) is 53.4 Å². The Morgan fingerprint density at radius 3 is 2.91 bits per heavy atom. The maximum atomic E-state index is 12.8. The van der Waals surface area contributed by atoms with Crippen LogP contribution in [0.25, 0.3) is 0 Å². The number of likely N-dealkylation sites (tertiary alicyclic amines) is 1. The lowest BCUT2D eigenvalue weighted by atomic mass is 9.77. The molecule has 1 unspecified atom stereocenters. The number of nitrogens with zero attached hydrogens (tertiary/aromatic N) is 2. The number of amides is 1. The van der Waals surface area contributed by atoms with Gasteiger partial charge in [-0.1, -0.05) is 11.6 Å². The number of allylic oxidation sites excluding steroid dienone is 2. The van der Waals surface area contributed by atoms with Crippen molar-refractivity contribution in [1.82, 2.24) is 9.88 Å². The van der Waals surface area contributed by atoms with Gasteiger partial charge in [-0.05, 0) is 51.7 Å². The first-order valence-electron chi connectivity index (χ1n) is 7.91. The molecule has 0 saturated carbocycles. The monoisotopic (exact) mass is 302 g/mol. The van der Waals surface area contributed by atoms with Crippen LogP contribution in [0.2, 0.25) is 0 Å². The molecule has 0 aliphatic carbocycles.